The molecule has 20 heavy (non-hydrogen) atoms. The topological polar surface area (TPSA) is 41.6 Å². The Morgan fingerprint density at radius 2 is 1.95 bits per heavy atom. The maximum absolute atomic E-state index is 11.7. The number of carbonyl (C=O) groups excluding carboxylic acids is 1. The van der Waals surface area contributed by atoms with Gasteiger partial charge in [0.05, 0.1) is 13.2 Å². The van der Waals surface area contributed by atoms with Crippen LogP contribution < -0.4 is 5.32 Å². The molecule has 0 saturated carbocycles. The van der Waals surface area contributed by atoms with E-state index in [1.54, 1.807) is 0 Å². The van der Waals surface area contributed by atoms with Gasteiger partial charge in [0.25, 0.3) is 0 Å². The number of hydrogen-bond acceptors (Lipinski definition) is 4. The lowest BCUT2D eigenvalue weighted by Gasteiger charge is -2.32. The van der Waals surface area contributed by atoms with Gasteiger partial charge in [-0.3, -0.25) is 9.69 Å². The summed E-state index contributed by atoms with van der Waals surface area (Å²) < 4.78 is 5.06. The second-order valence-electron chi connectivity index (χ2n) is 5.57. The highest BCUT2D eigenvalue weighted by atomic mass is 16.5. The zero-order chi connectivity index (χ0) is 15.0. The fourth-order valence-electron chi connectivity index (χ4n) is 2.04. The van der Waals surface area contributed by atoms with Crippen LogP contribution in [0.1, 0.15) is 26.3 Å². The Bertz CT molecular complexity index is 404. The highest BCUT2D eigenvalue weighted by Crippen LogP contribution is 2.10. The fourth-order valence-corrected chi connectivity index (χ4v) is 2.04. The summed E-state index contributed by atoms with van der Waals surface area (Å²) in [5.41, 5.74) is 1.14. The molecule has 112 valence electrons. The van der Waals surface area contributed by atoms with E-state index in [9.17, 15) is 4.79 Å². The number of likely N-dealkylation sites (N-methyl/N-ethyl adjacent to an activating group) is 1. The maximum atomic E-state index is 11.7. The monoisotopic (exact) mass is 278 g/mol. The minimum Gasteiger partial charge on any atom is -0.465 e. The van der Waals surface area contributed by atoms with Crippen molar-refractivity contribution in [1.82, 2.24) is 10.2 Å². The molecule has 1 aromatic rings. The van der Waals surface area contributed by atoms with Crippen LogP contribution in [0.3, 0.4) is 0 Å². The normalized spacial score (nSPS) is 11.7. The van der Waals surface area contributed by atoms with Gasteiger partial charge in [0.15, 0.2) is 0 Å². The summed E-state index contributed by atoms with van der Waals surface area (Å²) >= 11 is 0. The van der Waals surface area contributed by atoms with Gasteiger partial charge in [0.2, 0.25) is 0 Å². The van der Waals surface area contributed by atoms with Crippen molar-refractivity contribution >= 4 is 5.97 Å². The zero-order valence-electron chi connectivity index (χ0n) is 13.0. The number of carbonyl (C=O) groups is 1. The Kier molecular flexibility index (Phi) is 6.68. The van der Waals surface area contributed by atoms with E-state index in [0.717, 1.165) is 13.1 Å². The molecule has 0 fully saturated rings. The summed E-state index contributed by atoms with van der Waals surface area (Å²) in [6.45, 7) is 8.33. The average molecular weight is 278 g/mol. The summed E-state index contributed by atoms with van der Waals surface area (Å²) in [6, 6.07) is 10.2. The Morgan fingerprint density at radius 3 is 2.50 bits per heavy atom. The van der Waals surface area contributed by atoms with Crippen LogP contribution in [0.4, 0.5) is 0 Å². The van der Waals surface area contributed by atoms with Gasteiger partial charge in [0, 0.05) is 18.6 Å². The van der Waals surface area contributed by atoms with Crippen molar-refractivity contribution in [1.29, 1.82) is 0 Å². The largest absolute Gasteiger partial charge is 0.465 e. The Labute approximate surface area is 122 Å². The van der Waals surface area contributed by atoms with E-state index in [1.165, 1.54) is 5.56 Å². The van der Waals surface area contributed by atoms with Crippen LogP contribution >= 0.6 is 0 Å². The fraction of sp³-hybridized carbons (Fsp3) is 0.562. The predicted molar refractivity (Wildman–Crippen MR) is 81.5 cm³/mol. The van der Waals surface area contributed by atoms with E-state index in [1.807, 2.05) is 32.2 Å². The zero-order valence-corrected chi connectivity index (χ0v) is 13.0. The van der Waals surface area contributed by atoms with Gasteiger partial charge < -0.3 is 10.1 Å². The highest BCUT2D eigenvalue weighted by molar-refractivity contribution is 5.71. The van der Waals surface area contributed by atoms with Crippen LogP contribution in [-0.2, 0) is 16.1 Å². The SMILES string of the molecule is CCOC(=O)CN(Cc1ccccc1)CC(C)(C)NC. The van der Waals surface area contributed by atoms with E-state index in [2.05, 4.69) is 36.2 Å². The standard InChI is InChI=1S/C16H26N2O2/c1-5-20-15(19)12-18(13-16(2,3)17-4)11-14-9-7-6-8-10-14/h6-10,17H,5,11-13H2,1-4H3. The molecule has 0 radical (unpaired) electrons. The molecule has 1 rings (SSSR count). The van der Waals surface area contributed by atoms with E-state index >= 15 is 0 Å². The molecule has 0 aromatic heterocycles. The predicted octanol–water partition coefficient (Wildman–Crippen LogP) is 2.05. The van der Waals surface area contributed by atoms with E-state index < -0.39 is 0 Å². The molecule has 1 N–H and O–H groups in total. The second-order valence-corrected chi connectivity index (χ2v) is 5.57. The molecule has 0 aliphatic heterocycles. The molecule has 0 spiro atoms. The third-order valence-corrected chi connectivity index (χ3v) is 3.20. The molecule has 0 amide bonds. The van der Waals surface area contributed by atoms with Crippen molar-refractivity contribution in [3.05, 3.63) is 35.9 Å². The number of esters is 1. The first-order chi connectivity index (χ1) is 9.46. The molecule has 4 nitrogen and oxygen atoms in total. The van der Waals surface area contributed by atoms with Crippen molar-refractivity contribution in [2.45, 2.75) is 32.9 Å². The van der Waals surface area contributed by atoms with Gasteiger partial charge in [-0.2, -0.15) is 0 Å². The molecule has 0 aliphatic carbocycles. The van der Waals surface area contributed by atoms with Gasteiger partial charge >= 0.3 is 5.97 Å². The molecule has 0 heterocycles. The van der Waals surface area contributed by atoms with Crippen molar-refractivity contribution in [2.75, 3.05) is 26.7 Å². The minimum atomic E-state index is -0.171. The molecule has 0 atom stereocenters. The third-order valence-electron chi connectivity index (χ3n) is 3.20. The highest BCUT2D eigenvalue weighted by Gasteiger charge is 2.21. The summed E-state index contributed by atoms with van der Waals surface area (Å²) in [5.74, 6) is -0.171. The Hall–Kier alpha value is -1.39. The van der Waals surface area contributed by atoms with E-state index in [-0.39, 0.29) is 11.5 Å². The lowest BCUT2D eigenvalue weighted by molar-refractivity contribution is -0.144. The number of benzene rings is 1. The maximum Gasteiger partial charge on any atom is 0.320 e. The number of nitrogens with zero attached hydrogens (tertiary/aromatic N) is 1. The number of nitrogens with one attached hydrogen (secondary N) is 1. The molecular weight excluding hydrogens is 252 g/mol. The van der Waals surface area contributed by atoms with E-state index in [0.29, 0.717) is 13.2 Å². The molecular formula is C16H26N2O2. The van der Waals surface area contributed by atoms with Gasteiger partial charge in [-0.1, -0.05) is 30.3 Å². The quantitative estimate of drug-likeness (QED) is 0.739. The number of rotatable bonds is 8. The first-order valence-electron chi connectivity index (χ1n) is 7.07. The lowest BCUT2D eigenvalue weighted by atomic mass is 10.0. The Balaban J connectivity index is 2.71. The summed E-state index contributed by atoms with van der Waals surface area (Å²) in [4.78, 5) is 13.8. The third kappa shape index (κ3) is 6.17. The van der Waals surface area contributed by atoms with Gasteiger partial charge in [-0.15, -0.1) is 0 Å². The van der Waals surface area contributed by atoms with Gasteiger partial charge in [0.1, 0.15) is 0 Å². The lowest BCUT2D eigenvalue weighted by Crippen LogP contribution is -2.48. The summed E-state index contributed by atoms with van der Waals surface area (Å²) in [5, 5.41) is 3.27. The number of hydrogen-bond donors (Lipinski definition) is 1. The summed E-state index contributed by atoms with van der Waals surface area (Å²) in [7, 11) is 1.94. The number of ether oxygens (including phenoxy) is 1. The van der Waals surface area contributed by atoms with Crippen molar-refractivity contribution in [3.63, 3.8) is 0 Å². The molecule has 0 saturated heterocycles. The van der Waals surface area contributed by atoms with Crippen molar-refractivity contribution in [3.8, 4) is 0 Å². The second kappa shape index (κ2) is 8.02. The van der Waals surface area contributed by atoms with Crippen LogP contribution in [-0.4, -0.2) is 43.2 Å². The molecule has 0 aliphatic rings. The van der Waals surface area contributed by atoms with Crippen LogP contribution in [0.25, 0.3) is 0 Å². The summed E-state index contributed by atoms with van der Waals surface area (Å²) in [6.07, 6.45) is 0. The molecule has 1 aromatic carbocycles. The Morgan fingerprint density at radius 1 is 1.30 bits per heavy atom. The van der Waals surface area contributed by atoms with Crippen molar-refractivity contribution in [2.24, 2.45) is 0 Å². The van der Waals surface area contributed by atoms with E-state index in [4.69, 9.17) is 4.74 Å². The molecule has 4 heteroatoms. The molecule has 0 unspecified atom stereocenters. The smallest absolute Gasteiger partial charge is 0.320 e. The van der Waals surface area contributed by atoms with Crippen LogP contribution in [0.15, 0.2) is 30.3 Å². The minimum absolute atomic E-state index is 0.0543. The van der Waals surface area contributed by atoms with Crippen LogP contribution in [0, 0.1) is 0 Å². The van der Waals surface area contributed by atoms with Gasteiger partial charge in [-0.05, 0) is 33.4 Å². The van der Waals surface area contributed by atoms with Gasteiger partial charge in [-0.25, -0.2) is 0 Å². The first-order valence-corrected chi connectivity index (χ1v) is 7.07. The van der Waals surface area contributed by atoms with Crippen molar-refractivity contribution < 1.29 is 9.53 Å². The van der Waals surface area contributed by atoms with Crippen LogP contribution in [0.2, 0.25) is 0 Å². The first kappa shape index (κ1) is 16.7. The molecule has 0 bridgehead atoms. The average Bonchev–Trinajstić information content (AvgIpc) is 2.39. The van der Waals surface area contributed by atoms with Crippen LogP contribution in [0.5, 0.6) is 0 Å².